The van der Waals surface area contributed by atoms with Gasteiger partial charge in [-0.25, -0.2) is 4.79 Å². The average Bonchev–Trinajstić information content (AvgIpc) is 3.45. The number of hydrogen-bond acceptors (Lipinski definition) is 5. The smallest absolute Gasteiger partial charge is 0.323 e. The quantitative estimate of drug-likeness (QED) is 0.514. The highest BCUT2D eigenvalue weighted by atomic mass is 16.3. The lowest BCUT2D eigenvalue weighted by atomic mass is 10.1. The van der Waals surface area contributed by atoms with Gasteiger partial charge in [-0.2, -0.15) is 0 Å². The summed E-state index contributed by atoms with van der Waals surface area (Å²) in [5.41, 5.74) is 2.50. The number of nitrogens with one attached hydrogen (secondary N) is 2. The molecule has 4 amide bonds. The summed E-state index contributed by atoms with van der Waals surface area (Å²) in [6.45, 7) is 7.21. The van der Waals surface area contributed by atoms with Gasteiger partial charge in [-0.05, 0) is 56.3 Å². The second-order valence-corrected chi connectivity index (χ2v) is 8.41. The molecule has 36 heavy (non-hydrogen) atoms. The van der Waals surface area contributed by atoms with Crippen LogP contribution in [-0.4, -0.2) is 66.9 Å². The van der Waals surface area contributed by atoms with Crippen LogP contribution in [0, 0.1) is 0 Å². The van der Waals surface area contributed by atoms with E-state index in [1.165, 1.54) is 6.26 Å². The Morgan fingerprint density at radius 2 is 1.56 bits per heavy atom. The molecule has 2 aromatic carbocycles. The first kappa shape index (κ1) is 24.8. The summed E-state index contributed by atoms with van der Waals surface area (Å²) in [6.07, 6.45) is 1.49. The van der Waals surface area contributed by atoms with Crippen LogP contribution in [0.15, 0.2) is 71.3 Å². The van der Waals surface area contributed by atoms with Crippen LogP contribution in [0.4, 0.5) is 21.9 Å². The van der Waals surface area contributed by atoms with E-state index < -0.39 is 0 Å². The topological polar surface area (TPSA) is 98.1 Å². The van der Waals surface area contributed by atoms with Crippen LogP contribution in [0.2, 0.25) is 0 Å². The van der Waals surface area contributed by atoms with Gasteiger partial charge in [0.15, 0.2) is 5.76 Å². The molecule has 1 aliphatic heterocycles. The molecule has 0 bridgehead atoms. The van der Waals surface area contributed by atoms with E-state index in [9.17, 15) is 14.4 Å². The number of hydrogen-bond donors (Lipinski definition) is 2. The summed E-state index contributed by atoms with van der Waals surface area (Å²) in [5.74, 6) is 0.0873. The van der Waals surface area contributed by atoms with Crippen molar-refractivity contribution in [1.82, 2.24) is 9.80 Å². The van der Waals surface area contributed by atoms with E-state index in [0.29, 0.717) is 62.0 Å². The van der Waals surface area contributed by atoms with E-state index in [1.807, 2.05) is 38.1 Å². The lowest BCUT2D eigenvalue weighted by molar-refractivity contribution is 0.0711. The molecular weight excluding hydrogens is 458 g/mol. The van der Waals surface area contributed by atoms with Gasteiger partial charge in [0.2, 0.25) is 0 Å². The molecule has 188 valence electrons. The Morgan fingerprint density at radius 3 is 2.19 bits per heavy atom. The summed E-state index contributed by atoms with van der Waals surface area (Å²) < 4.78 is 5.25. The minimum absolute atomic E-state index is 0.101. The van der Waals surface area contributed by atoms with Crippen LogP contribution in [0.25, 0.3) is 0 Å². The van der Waals surface area contributed by atoms with E-state index >= 15 is 0 Å². The Balaban J connectivity index is 1.52. The molecule has 9 nitrogen and oxygen atoms in total. The molecule has 3 aromatic rings. The molecule has 1 aliphatic rings. The zero-order valence-corrected chi connectivity index (χ0v) is 20.6. The highest BCUT2D eigenvalue weighted by molar-refractivity contribution is 6.04. The number of carbonyl (C=O) groups is 3. The van der Waals surface area contributed by atoms with Gasteiger partial charge in [-0.3, -0.25) is 9.59 Å². The number of amides is 4. The molecule has 0 radical (unpaired) electrons. The highest BCUT2D eigenvalue weighted by Gasteiger charge is 2.27. The van der Waals surface area contributed by atoms with Gasteiger partial charge in [0, 0.05) is 56.3 Å². The number of benzene rings is 2. The normalized spacial score (nSPS) is 13.3. The number of piperazine rings is 1. The predicted molar refractivity (Wildman–Crippen MR) is 140 cm³/mol. The molecule has 0 unspecified atom stereocenters. The summed E-state index contributed by atoms with van der Waals surface area (Å²) in [5, 5.41) is 5.61. The third kappa shape index (κ3) is 5.68. The summed E-state index contributed by atoms with van der Waals surface area (Å²) >= 11 is 0. The van der Waals surface area contributed by atoms with Crippen molar-refractivity contribution in [1.29, 1.82) is 0 Å². The van der Waals surface area contributed by atoms with Gasteiger partial charge in [0.25, 0.3) is 11.8 Å². The molecule has 2 heterocycles. The van der Waals surface area contributed by atoms with Crippen molar-refractivity contribution in [2.45, 2.75) is 13.8 Å². The van der Waals surface area contributed by atoms with E-state index in [0.717, 1.165) is 5.69 Å². The molecule has 0 spiro atoms. The van der Waals surface area contributed by atoms with Gasteiger partial charge in [-0.1, -0.05) is 18.2 Å². The number of rotatable bonds is 7. The Morgan fingerprint density at radius 1 is 0.861 bits per heavy atom. The SMILES string of the molecule is CCN(CC)C(=O)c1cc(NC(=O)Nc2ccccc2)ccc1N1CCN(C(=O)c2ccco2)CC1. The van der Waals surface area contributed by atoms with Crippen molar-refractivity contribution in [3.63, 3.8) is 0 Å². The first-order valence-corrected chi connectivity index (χ1v) is 12.1. The Hall–Kier alpha value is -4.27. The van der Waals surface area contributed by atoms with Crippen LogP contribution >= 0.6 is 0 Å². The molecule has 0 saturated carbocycles. The summed E-state index contributed by atoms with van der Waals surface area (Å²) in [4.78, 5) is 44.2. The molecular formula is C27H31N5O4. The second-order valence-electron chi connectivity index (χ2n) is 8.41. The molecule has 0 aliphatic carbocycles. The average molecular weight is 490 g/mol. The van der Waals surface area contributed by atoms with Crippen molar-refractivity contribution in [2.24, 2.45) is 0 Å². The van der Waals surface area contributed by atoms with Crippen molar-refractivity contribution in [3.05, 3.63) is 78.3 Å². The molecule has 1 fully saturated rings. The van der Waals surface area contributed by atoms with Gasteiger partial charge in [-0.15, -0.1) is 0 Å². The van der Waals surface area contributed by atoms with Crippen molar-refractivity contribution < 1.29 is 18.8 Å². The number of nitrogens with zero attached hydrogens (tertiary/aromatic N) is 3. The summed E-state index contributed by atoms with van der Waals surface area (Å²) in [6, 6.07) is 17.5. The van der Waals surface area contributed by atoms with Crippen molar-refractivity contribution in [2.75, 3.05) is 54.8 Å². The van der Waals surface area contributed by atoms with E-state index in [1.54, 1.807) is 46.2 Å². The molecule has 1 saturated heterocycles. The number of para-hydroxylation sites is 1. The number of carbonyl (C=O) groups excluding carboxylic acids is 3. The maximum atomic E-state index is 13.4. The fourth-order valence-corrected chi connectivity index (χ4v) is 4.26. The zero-order valence-electron chi connectivity index (χ0n) is 20.6. The van der Waals surface area contributed by atoms with Crippen molar-refractivity contribution >= 4 is 34.9 Å². The van der Waals surface area contributed by atoms with E-state index in [2.05, 4.69) is 15.5 Å². The van der Waals surface area contributed by atoms with E-state index in [4.69, 9.17) is 4.42 Å². The number of anilines is 3. The highest BCUT2D eigenvalue weighted by Crippen LogP contribution is 2.27. The standard InChI is InChI=1S/C27H31N5O4/c1-3-30(4-2)25(33)22-19-21(29-27(35)28-20-9-6-5-7-10-20)12-13-23(22)31-14-16-32(17-15-31)26(34)24-11-8-18-36-24/h5-13,18-19H,3-4,14-17H2,1-2H3,(H2,28,29,35). The minimum Gasteiger partial charge on any atom is -0.459 e. The molecule has 1 aromatic heterocycles. The lowest BCUT2D eigenvalue weighted by Gasteiger charge is -2.37. The lowest BCUT2D eigenvalue weighted by Crippen LogP contribution is -2.49. The number of furan rings is 1. The maximum absolute atomic E-state index is 13.4. The van der Waals surface area contributed by atoms with Gasteiger partial charge >= 0.3 is 6.03 Å². The molecule has 4 rings (SSSR count). The van der Waals surface area contributed by atoms with Crippen LogP contribution in [0.3, 0.4) is 0 Å². The van der Waals surface area contributed by atoms with Crippen LogP contribution in [0.5, 0.6) is 0 Å². The third-order valence-corrected chi connectivity index (χ3v) is 6.21. The fourth-order valence-electron chi connectivity index (χ4n) is 4.26. The molecule has 9 heteroatoms. The van der Waals surface area contributed by atoms with E-state index in [-0.39, 0.29) is 17.8 Å². The first-order chi connectivity index (χ1) is 17.5. The van der Waals surface area contributed by atoms with Crippen LogP contribution < -0.4 is 15.5 Å². The summed E-state index contributed by atoms with van der Waals surface area (Å²) in [7, 11) is 0. The minimum atomic E-state index is -0.389. The monoisotopic (exact) mass is 489 g/mol. The van der Waals surface area contributed by atoms with Crippen LogP contribution in [-0.2, 0) is 0 Å². The molecule has 2 N–H and O–H groups in total. The Kier molecular flexibility index (Phi) is 7.89. The molecule has 0 atom stereocenters. The van der Waals surface area contributed by atoms with Gasteiger partial charge in [0.05, 0.1) is 11.8 Å². The second kappa shape index (κ2) is 11.4. The number of urea groups is 1. The maximum Gasteiger partial charge on any atom is 0.323 e. The predicted octanol–water partition coefficient (Wildman–Crippen LogP) is 4.37. The Labute approximate surface area is 210 Å². The largest absolute Gasteiger partial charge is 0.459 e. The Bertz CT molecular complexity index is 1180. The first-order valence-electron chi connectivity index (χ1n) is 12.1. The van der Waals surface area contributed by atoms with Gasteiger partial charge in [0.1, 0.15) is 0 Å². The third-order valence-electron chi connectivity index (χ3n) is 6.21. The zero-order chi connectivity index (χ0) is 25.5. The van der Waals surface area contributed by atoms with Crippen LogP contribution in [0.1, 0.15) is 34.8 Å². The van der Waals surface area contributed by atoms with Crippen molar-refractivity contribution in [3.8, 4) is 0 Å². The fraction of sp³-hybridized carbons (Fsp3) is 0.296. The van der Waals surface area contributed by atoms with Gasteiger partial charge < -0.3 is 29.8 Å².